The summed E-state index contributed by atoms with van der Waals surface area (Å²) in [5, 5.41) is 0.502. The molecule has 7 nitrogen and oxygen atoms in total. The van der Waals surface area contributed by atoms with Crippen molar-refractivity contribution in [1.29, 1.82) is 0 Å². The van der Waals surface area contributed by atoms with Gasteiger partial charge in [0.05, 0.1) is 24.6 Å². The first-order valence-corrected chi connectivity index (χ1v) is 10.4. The van der Waals surface area contributed by atoms with Gasteiger partial charge in [-0.15, -0.1) is 0 Å². The lowest BCUT2D eigenvalue weighted by molar-refractivity contribution is 0.248. The number of fused-ring (bicyclic) bond motifs is 1. The number of benzene rings is 2. The Balaban J connectivity index is 1.52. The number of anilines is 1. The molecular weight excluding hydrogens is 380 g/mol. The summed E-state index contributed by atoms with van der Waals surface area (Å²) in [6.45, 7) is 7.04. The second kappa shape index (κ2) is 9.17. The molecule has 0 bridgehead atoms. The molecule has 0 unspecified atom stereocenters. The van der Waals surface area contributed by atoms with Crippen LogP contribution in [0.4, 0.5) is 5.95 Å². The fourth-order valence-corrected chi connectivity index (χ4v) is 3.73. The summed E-state index contributed by atoms with van der Waals surface area (Å²) in [6.07, 6.45) is 0.891. The molecule has 1 aliphatic rings. The summed E-state index contributed by atoms with van der Waals surface area (Å²) in [5.74, 6) is 1.77. The van der Waals surface area contributed by atoms with E-state index in [0.29, 0.717) is 35.0 Å². The van der Waals surface area contributed by atoms with Crippen molar-refractivity contribution in [1.82, 2.24) is 14.9 Å². The lowest BCUT2D eigenvalue weighted by Gasteiger charge is -2.35. The largest absolute Gasteiger partial charge is 0.493 e. The molecule has 2 heterocycles. The van der Waals surface area contributed by atoms with Gasteiger partial charge in [-0.25, -0.2) is 4.98 Å². The Morgan fingerprint density at radius 3 is 2.53 bits per heavy atom. The molecule has 1 aromatic heterocycles. The average molecular weight is 409 g/mol. The van der Waals surface area contributed by atoms with Crippen molar-refractivity contribution < 1.29 is 9.47 Å². The van der Waals surface area contributed by atoms with Crippen molar-refractivity contribution in [3.63, 3.8) is 0 Å². The molecule has 1 N–H and O–H groups in total. The highest BCUT2D eigenvalue weighted by Gasteiger charge is 2.20. The average Bonchev–Trinajstić information content (AvgIpc) is 2.78. The minimum absolute atomic E-state index is 0.165. The van der Waals surface area contributed by atoms with E-state index < -0.39 is 0 Å². The molecule has 0 amide bonds. The van der Waals surface area contributed by atoms with E-state index >= 15 is 0 Å². The lowest BCUT2D eigenvalue weighted by atomic mass is 10.2. The minimum Gasteiger partial charge on any atom is -0.493 e. The maximum Gasteiger partial charge on any atom is 0.260 e. The summed E-state index contributed by atoms with van der Waals surface area (Å²) in [5.41, 5.74) is 1.77. The zero-order valence-electron chi connectivity index (χ0n) is 17.6. The topological polar surface area (TPSA) is 70.7 Å². The first-order valence-electron chi connectivity index (χ1n) is 10.4. The fourth-order valence-electron chi connectivity index (χ4n) is 3.73. The van der Waals surface area contributed by atoms with E-state index in [2.05, 4.69) is 39.0 Å². The van der Waals surface area contributed by atoms with Crippen molar-refractivity contribution in [3.05, 3.63) is 58.4 Å². The van der Waals surface area contributed by atoms with Crippen molar-refractivity contribution in [2.45, 2.75) is 19.9 Å². The first kappa shape index (κ1) is 20.2. The van der Waals surface area contributed by atoms with Crippen LogP contribution in [-0.2, 0) is 6.54 Å². The van der Waals surface area contributed by atoms with E-state index in [0.717, 1.165) is 39.1 Å². The highest BCUT2D eigenvalue weighted by Crippen LogP contribution is 2.31. The highest BCUT2D eigenvalue weighted by molar-refractivity contribution is 5.82. The molecule has 1 saturated heterocycles. The van der Waals surface area contributed by atoms with Gasteiger partial charge in [0.25, 0.3) is 5.56 Å². The molecule has 0 spiro atoms. The molecule has 0 aliphatic carbocycles. The smallest absolute Gasteiger partial charge is 0.260 e. The van der Waals surface area contributed by atoms with Crippen LogP contribution < -0.4 is 19.9 Å². The number of rotatable bonds is 7. The van der Waals surface area contributed by atoms with Gasteiger partial charge in [-0.05, 0) is 18.1 Å². The summed E-state index contributed by atoms with van der Waals surface area (Å²) >= 11 is 0. The summed E-state index contributed by atoms with van der Waals surface area (Å²) in [6, 6.07) is 14.0. The third kappa shape index (κ3) is 4.41. The number of ether oxygens (including phenoxy) is 2. The Bertz CT molecular complexity index is 1040. The van der Waals surface area contributed by atoms with E-state index in [-0.39, 0.29) is 5.56 Å². The Morgan fingerprint density at radius 1 is 1.07 bits per heavy atom. The Morgan fingerprint density at radius 2 is 1.83 bits per heavy atom. The highest BCUT2D eigenvalue weighted by atomic mass is 16.5. The van der Waals surface area contributed by atoms with Crippen LogP contribution >= 0.6 is 0 Å². The second-order valence-electron chi connectivity index (χ2n) is 7.51. The molecule has 7 heteroatoms. The van der Waals surface area contributed by atoms with Crippen molar-refractivity contribution >= 4 is 16.9 Å². The Kier molecular flexibility index (Phi) is 6.18. The molecule has 0 saturated carbocycles. The van der Waals surface area contributed by atoms with Gasteiger partial charge in [-0.3, -0.25) is 14.7 Å². The summed E-state index contributed by atoms with van der Waals surface area (Å²) in [7, 11) is 1.57. The first-order chi connectivity index (χ1) is 14.7. The van der Waals surface area contributed by atoms with Crippen LogP contribution in [0.25, 0.3) is 10.9 Å². The van der Waals surface area contributed by atoms with Crippen molar-refractivity contribution in [2.75, 3.05) is 44.8 Å². The van der Waals surface area contributed by atoms with E-state index in [4.69, 9.17) is 14.5 Å². The fraction of sp³-hybridized carbons (Fsp3) is 0.391. The van der Waals surface area contributed by atoms with Gasteiger partial charge in [0.2, 0.25) is 5.95 Å². The van der Waals surface area contributed by atoms with Crippen LogP contribution in [0.15, 0.2) is 47.3 Å². The number of nitrogens with one attached hydrogen (secondary N) is 1. The van der Waals surface area contributed by atoms with Crippen LogP contribution in [0.3, 0.4) is 0 Å². The van der Waals surface area contributed by atoms with Gasteiger partial charge in [0.1, 0.15) is 0 Å². The quantitative estimate of drug-likeness (QED) is 0.648. The summed E-state index contributed by atoms with van der Waals surface area (Å²) in [4.78, 5) is 24.9. The lowest BCUT2D eigenvalue weighted by Crippen LogP contribution is -2.46. The predicted molar refractivity (Wildman–Crippen MR) is 119 cm³/mol. The molecular formula is C23H28N4O3. The normalized spacial score (nSPS) is 14.8. The SMILES string of the molecule is CCCOc1cc2nc(N3CCN(Cc4ccccc4)CC3)[nH]c(=O)c2cc1OC. The molecule has 1 fully saturated rings. The zero-order chi connectivity index (χ0) is 20.9. The number of hydrogen-bond acceptors (Lipinski definition) is 6. The van der Waals surface area contributed by atoms with Gasteiger partial charge < -0.3 is 14.4 Å². The van der Waals surface area contributed by atoms with Gasteiger partial charge in [-0.2, -0.15) is 0 Å². The third-order valence-corrected chi connectivity index (χ3v) is 5.36. The minimum atomic E-state index is -0.165. The van der Waals surface area contributed by atoms with Gasteiger partial charge in [0.15, 0.2) is 11.5 Å². The van der Waals surface area contributed by atoms with Crippen LogP contribution in [0.2, 0.25) is 0 Å². The molecule has 2 aromatic carbocycles. The van der Waals surface area contributed by atoms with E-state index in [1.54, 1.807) is 19.2 Å². The maximum absolute atomic E-state index is 12.7. The number of nitrogens with zero attached hydrogens (tertiary/aromatic N) is 3. The molecule has 3 aromatic rings. The van der Waals surface area contributed by atoms with Gasteiger partial charge >= 0.3 is 0 Å². The third-order valence-electron chi connectivity index (χ3n) is 5.36. The maximum atomic E-state index is 12.7. The Hall–Kier alpha value is -3.06. The van der Waals surface area contributed by atoms with Crippen molar-refractivity contribution in [2.24, 2.45) is 0 Å². The van der Waals surface area contributed by atoms with Crippen molar-refractivity contribution in [3.8, 4) is 11.5 Å². The number of H-pyrrole nitrogens is 1. The molecule has 4 rings (SSSR count). The van der Waals surface area contributed by atoms with E-state index in [1.807, 2.05) is 13.0 Å². The van der Waals surface area contributed by atoms with E-state index in [1.165, 1.54) is 5.56 Å². The molecule has 0 radical (unpaired) electrons. The predicted octanol–water partition coefficient (Wildman–Crippen LogP) is 3.04. The number of hydrogen-bond donors (Lipinski definition) is 1. The zero-order valence-corrected chi connectivity index (χ0v) is 17.6. The molecule has 158 valence electrons. The Labute approximate surface area is 176 Å². The van der Waals surface area contributed by atoms with E-state index in [9.17, 15) is 4.79 Å². The van der Waals surface area contributed by atoms with Crippen LogP contribution in [-0.4, -0.2) is 54.8 Å². The standard InChI is InChI=1S/C23H28N4O3/c1-3-13-30-21-15-19-18(14-20(21)29-2)22(28)25-23(24-19)27-11-9-26(10-12-27)16-17-7-5-4-6-8-17/h4-8,14-15H,3,9-13,16H2,1-2H3,(H,24,25,28). The van der Waals surface area contributed by atoms with Crippen LogP contribution in [0.5, 0.6) is 11.5 Å². The monoisotopic (exact) mass is 408 g/mol. The molecule has 0 atom stereocenters. The molecule has 1 aliphatic heterocycles. The van der Waals surface area contributed by atoms with Gasteiger partial charge in [0, 0.05) is 38.8 Å². The molecule has 30 heavy (non-hydrogen) atoms. The number of methoxy groups -OCH3 is 1. The van der Waals surface area contributed by atoms with Crippen LogP contribution in [0, 0.1) is 0 Å². The second-order valence-corrected chi connectivity index (χ2v) is 7.51. The number of piperazine rings is 1. The number of aromatic nitrogens is 2. The number of aromatic amines is 1. The van der Waals surface area contributed by atoms with Gasteiger partial charge in [-0.1, -0.05) is 37.3 Å². The summed E-state index contributed by atoms with van der Waals surface area (Å²) < 4.78 is 11.2. The van der Waals surface area contributed by atoms with Crippen LogP contribution in [0.1, 0.15) is 18.9 Å².